The molecule has 1 aromatic rings. The van der Waals surface area contributed by atoms with Crippen LogP contribution in [0.5, 0.6) is 5.75 Å². The SMILES string of the molecule is C=CCN(Cc1ccccc1OC)C(=O)C(C)(C)OCC. The zero-order valence-electron chi connectivity index (χ0n) is 13.4. The number of para-hydroxylation sites is 1. The Bertz CT molecular complexity index is 483. The van der Waals surface area contributed by atoms with Gasteiger partial charge in [-0.15, -0.1) is 6.58 Å². The molecule has 1 aromatic carbocycles. The lowest BCUT2D eigenvalue weighted by molar-refractivity contribution is -0.153. The van der Waals surface area contributed by atoms with Gasteiger partial charge in [0.25, 0.3) is 5.91 Å². The van der Waals surface area contributed by atoms with Crippen LogP contribution in [0.1, 0.15) is 26.3 Å². The maximum Gasteiger partial charge on any atom is 0.254 e. The highest BCUT2D eigenvalue weighted by Gasteiger charge is 2.32. The fraction of sp³-hybridized carbons (Fsp3) is 0.471. The third kappa shape index (κ3) is 4.60. The van der Waals surface area contributed by atoms with Crippen LogP contribution in [0.25, 0.3) is 0 Å². The van der Waals surface area contributed by atoms with Crippen molar-refractivity contribution in [1.29, 1.82) is 0 Å². The van der Waals surface area contributed by atoms with Gasteiger partial charge in [-0.2, -0.15) is 0 Å². The molecule has 0 aliphatic rings. The standard InChI is InChI=1S/C17H25NO3/c1-6-12-18(16(19)17(3,4)21-7-2)13-14-10-8-9-11-15(14)20-5/h6,8-11H,1,7,12-13H2,2-5H3. The van der Waals surface area contributed by atoms with Crippen LogP contribution in [0.3, 0.4) is 0 Å². The van der Waals surface area contributed by atoms with Crippen molar-refractivity contribution >= 4 is 5.91 Å². The fourth-order valence-corrected chi connectivity index (χ4v) is 2.22. The molecular formula is C17H25NO3. The Hall–Kier alpha value is -1.81. The molecule has 1 rings (SSSR count). The van der Waals surface area contributed by atoms with Crippen molar-refractivity contribution in [3.8, 4) is 5.75 Å². The molecule has 0 fully saturated rings. The lowest BCUT2D eigenvalue weighted by Crippen LogP contribution is -2.46. The minimum Gasteiger partial charge on any atom is -0.496 e. The van der Waals surface area contributed by atoms with Gasteiger partial charge < -0.3 is 14.4 Å². The van der Waals surface area contributed by atoms with Crippen LogP contribution in [0.4, 0.5) is 0 Å². The van der Waals surface area contributed by atoms with Crippen LogP contribution < -0.4 is 4.74 Å². The highest BCUT2D eigenvalue weighted by molar-refractivity contribution is 5.84. The normalized spacial score (nSPS) is 11.0. The van der Waals surface area contributed by atoms with E-state index in [1.165, 1.54) is 0 Å². The average molecular weight is 291 g/mol. The van der Waals surface area contributed by atoms with Gasteiger partial charge in [0.05, 0.1) is 7.11 Å². The fourth-order valence-electron chi connectivity index (χ4n) is 2.22. The third-order valence-corrected chi connectivity index (χ3v) is 3.21. The molecule has 0 saturated heterocycles. The minimum absolute atomic E-state index is 0.0600. The molecule has 0 N–H and O–H groups in total. The number of hydrogen-bond donors (Lipinski definition) is 0. The molecule has 4 heteroatoms. The molecule has 0 aliphatic heterocycles. The van der Waals surface area contributed by atoms with E-state index in [4.69, 9.17) is 9.47 Å². The molecule has 0 radical (unpaired) electrons. The van der Waals surface area contributed by atoms with E-state index in [1.54, 1.807) is 31.9 Å². The first kappa shape index (κ1) is 17.2. The lowest BCUT2D eigenvalue weighted by Gasteiger charge is -2.31. The summed E-state index contributed by atoms with van der Waals surface area (Å²) in [5, 5.41) is 0. The van der Waals surface area contributed by atoms with E-state index in [0.717, 1.165) is 11.3 Å². The Morgan fingerprint density at radius 2 is 2.05 bits per heavy atom. The van der Waals surface area contributed by atoms with Crippen LogP contribution in [0.15, 0.2) is 36.9 Å². The monoisotopic (exact) mass is 291 g/mol. The summed E-state index contributed by atoms with van der Waals surface area (Å²) in [5.41, 5.74) is 0.113. The van der Waals surface area contributed by atoms with E-state index in [1.807, 2.05) is 31.2 Å². The highest BCUT2D eigenvalue weighted by atomic mass is 16.5. The maximum absolute atomic E-state index is 12.7. The summed E-state index contributed by atoms with van der Waals surface area (Å²) in [7, 11) is 1.63. The van der Waals surface area contributed by atoms with Crippen molar-refractivity contribution in [2.75, 3.05) is 20.3 Å². The van der Waals surface area contributed by atoms with E-state index < -0.39 is 5.60 Å². The van der Waals surface area contributed by atoms with E-state index in [9.17, 15) is 4.79 Å². The average Bonchev–Trinajstić information content (AvgIpc) is 2.46. The van der Waals surface area contributed by atoms with Crippen molar-refractivity contribution in [2.45, 2.75) is 32.9 Å². The number of methoxy groups -OCH3 is 1. The third-order valence-electron chi connectivity index (χ3n) is 3.21. The first-order chi connectivity index (χ1) is 9.96. The van der Waals surface area contributed by atoms with E-state index in [-0.39, 0.29) is 5.91 Å². The number of carbonyl (C=O) groups excluding carboxylic acids is 1. The lowest BCUT2D eigenvalue weighted by atomic mass is 10.1. The van der Waals surface area contributed by atoms with Crippen molar-refractivity contribution in [2.24, 2.45) is 0 Å². The summed E-state index contributed by atoms with van der Waals surface area (Å²) >= 11 is 0. The molecule has 0 unspecified atom stereocenters. The van der Waals surface area contributed by atoms with Gasteiger partial charge in [-0.3, -0.25) is 4.79 Å². The number of carbonyl (C=O) groups is 1. The van der Waals surface area contributed by atoms with E-state index in [0.29, 0.717) is 19.7 Å². The quantitative estimate of drug-likeness (QED) is 0.691. The summed E-state index contributed by atoms with van der Waals surface area (Å²) in [6, 6.07) is 7.68. The largest absolute Gasteiger partial charge is 0.496 e. The summed E-state index contributed by atoms with van der Waals surface area (Å²) in [6.07, 6.45) is 1.72. The second kappa shape index (κ2) is 7.84. The Labute approximate surface area is 127 Å². The minimum atomic E-state index is -0.847. The number of nitrogens with zero attached hydrogens (tertiary/aromatic N) is 1. The number of ether oxygens (including phenoxy) is 2. The summed E-state index contributed by atoms with van der Waals surface area (Å²) in [4.78, 5) is 14.4. The molecule has 1 amide bonds. The van der Waals surface area contributed by atoms with Crippen LogP contribution in [-0.4, -0.2) is 36.7 Å². The van der Waals surface area contributed by atoms with Crippen molar-refractivity contribution in [3.05, 3.63) is 42.5 Å². The first-order valence-corrected chi connectivity index (χ1v) is 7.12. The van der Waals surface area contributed by atoms with E-state index in [2.05, 4.69) is 6.58 Å². The molecule has 0 aliphatic carbocycles. The Balaban J connectivity index is 2.96. The number of rotatable bonds is 8. The van der Waals surface area contributed by atoms with Crippen molar-refractivity contribution < 1.29 is 14.3 Å². The Morgan fingerprint density at radius 3 is 2.62 bits per heavy atom. The summed E-state index contributed by atoms with van der Waals surface area (Å²) in [6.45, 7) is 10.6. The van der Waals surface area contributed by atoms with Gasteiger partial charge in [0.1, 0.15) is 11.4 Å². The molecule has 0 spiro atoms. The van der Waals surface area contributed by atoms with Gasteiger partial charge in [0.2, 0.25) is 0 Å². The van der Waals surface area contributed by atoms with Crippen LogP contribution in [-0.2, 0) is 16.1 Å². The smallest absolute Gasteiger partial charge is 0.254 e. The predicted molar refractivity (Wildman–Crippen MR) is 84.3 cm³/mol. The van der Waals surface area contributed by atoms with Crippen LogP contribution in [0, 0.1) is 0 Å². The topological polar surface area (TPSA) is 38.8 Å². The summed E-state index contributed by atoms with van der Waals surface area (Å²) in [5.74, 6) is 0.712. The van der Waals surface area contributed by atoms with Crippen molar-refractivity contribution in [3.63, 3.8) is 0 Å². The van der Waals surface area contributed by atoms with Gasteiger partial charge in [-0.05, 0) is 26.8 Å². The number of benzene rings is 1. The second-order valence-electron chi connectivity index (χ2n) is 5.23. The highest BCUT2D eigenvalue weighted by Crippen LogP contribution is 2.22. The molecule has 0 aromatic heterocycles. The van der Waals surface area contributed by atoms with Gasteiger partial charge >= 0.3 is 0 Å². The number of amides is 1. The zero-order chi connectivity index (χ0) is 15.9. The molecule has 4 nitrogen and oxygen atoms in total. The van der Waals surface area contributed by atoms with Crippen molar-refractivity contribution in [1.82, 2.24) is 4.90 Å². The predicted octanol–water partition coefficient (Wildman–Crippen LogP) is 3.02. The molecule has 0 atom stereocenters. The molecule has 0 saturated carbocycles. The van der Waals surface area contributed by atoms with Gasteiger partial charge in [0.15, 0.2) is 0 Å². The second-order valence-corrected chi connectivity index (χ2v) is 5.23. The Morgan fingerprint density at radius 1 is 1.38 bits per heavy atom. The maximum atomic E-state index is 12.7. The Kier molecular flexibility index (Phi) is 6.43. The van der Waals surface area contributed by atoms with Gasteiger partial charge in [-0.1, -0.05) is 24.3 Å². The molecule has 21 heavy (non-hydrogen) atoms. The van der Waals surface area contributed by atoms with Gasteiger partial charge in [-0.25, -0.2) is 0 Å². The van der Waals surface area contributed by atoms with E-state index >= 15 is 0 Å². The van der Waals surface area contributed by atoms with Gasteiger partial charge in [0, 0.05) is 25.3 Å². The molecule has 0 bridgehead atoms. The zero-order valence-corrected chi connectivity index (χ0v) is 13.4. The van der Waals surface area contributed by atoms with Crippen LogP contribution in [0.2, 0.25) is 0 Å². The van der Waals surface area contributed by atoms with Crippen LogP contribution >= 0.6 is 0 Å². The summed E-state index contributed by atoms with van der Waals surface area (Å²) < 4.78 is 10.9. The molecule has 116 valence electrons. The number of hydrogen-bond acceptors (Lipinski definition) is 3. The molecular weight excluding hydrogens is 266 g/mol. The first-order valence-electron chi connectivity index (χ1n) is 7.12. The molecule has 0 heterocycles.